The molecule has 3 N–H and O–H groups in total. The molecule has 1 heterocycles. The van der Waals surface area contributed by atoms with Crippen molar-refractivity contribution in [2.45, 2.75) is 19.4 Å². The molecule has 0 saturated carbocycles. The molecule has 0 bridgehead atoms. The molecule has 0 fully saturated rings. The van der Waals surface area contributed by atoms with E-state index in [1.54, 1.807) is 0 Å². The first-order chi connectivity index (χ1) is 7.79. The molecule has 0 atom stereocenters. The highest BCUT2D eigenvalue weighted by molar-refractivity contribution is 6.30. The molecule has 84 valence electrons. The topological polar surface area (TPSA) is 54.7 Å². The van der Waals surface area contributed by atoms with Crippen LogP contribution in [0.2, 0.25) is 5.15 Å². The predicted octanol–water partition coefficient (Wildman–Crippen LogP) is 2.31. The quantitative estimate of drug-likeness (QED) is 0.855. The number of nitrogens with two attached hydrogens (primary N) is 1. The van der Waals surface area contributed by atoms with Crippen LogP contribution in [0.4, 0.5) is 0 Å². The lowest BCUT2D eigenvalue weighted by atomic mass is 10.1. The van der Waals surface area contributed by atoms with E-state index < -0.39 is 0 Å². The van der Waals surface area contributed by atoms with Crippen LogP contribution in [0.1, 0.15) is 17.1 Å². The van der Waals surface area contributed by atoms with Crippen LogP contribution < -0.4 is 5.73 Å². The largest absolute Gasteiger partial charge is 0.343 e. The zero-order valence-electron chi connectivity index (χ0n) is 8.91. The van der Waals surface area contributed by atoms with Gasteiger partial charge in [-0.15, -0.1) is 0 Å². The summed E-state index contributed by atoms with van der Waals surface area (Å²) >= 11 is 5.99. The van der Waals surface area contributed by atoms with E-state index in [4.69, 9.17) is 17.3 Å². The van der Waals surface area contributed by atoms with E-state index in [1.165, 1.54) is 5.56 Å². The normalized spacial score (nSPS) is 10.6. The predicted molar refractivity (Wildman–Crippen MR) is 65.3 cm³/mol. The average molecular weight is 236 g/mol. The van der Waals surface area contributed by atoms with Crippen molar-refractivity contribution < 1.29 is 0 Å². The number of nitrogens with zero attached hydrogens (tertiary/aromatic N) is 1. The lowest BCUT2D eigenvalue weighted by molar-refractivity contribution is 0.895. The second-order valence-electron chi connectivity index (χ2n) is 3.64. The van der Waals surface area contributed by atoms with Gasteiger partial charge < -0.3 is 10.7 Å². The van der Waals surface area contributed by atoms with Crippen molar-refractivity contribution in [3.8, 4) is 0 Å². The maximum Gasteiger partial charge on any atom is 0.150 e. The SMILES string of the molecule is NCc1nc(Cl)c(CCc2ccccc2)[nH]1. The molecule has 0 unspecified atom stereocenters. The van der Waals surface area contributed by atoms with E-state index in [0.717, 1.165) is 24.4 Å². The Morgan fingerprint density at radius 3 is 2.56 bits per heavy atom. The summed E-state index contributed by atoms with van der Waals surface area (Å²) in [6, 6.07) is 10.3. The summed E-state index contributed by atoms with van der Waals surface area (Å²) in [7, 11) is 0. The van der Waals surface area contributed by atoms with Gasteiger partial charge in [-0.05, 0) is 18.4 Å². The third-order valence-corrected chi connectivity index (χ3v) is 2.79. The molecule has 1 aromatic heterocycles. The fourth-order valence-electron chi connectivity index (χ4n) is 1.62. The smallest absolute Gasteiger partial charge is 0.150 e. The Morgan fingerprint density at radius 2 is 1.94 bits per heavy atom. The van der Waals surface area contributed by atoms with Crippen molar-refractivity contribution >= 4 is 11.6 Å². The van der Waals surface area contributed by atoms with E-state index >= 15 is 0 Å². The van der Waals surface area contributed by atoms with Crippen LogP contribution >= 0.6 is 11.6 Å². The van der Waals surface area contributed by atoms with Crippen LogP contribution in [-0.4, -0.2) is 9.97 Å². The van der Waals surface area contributed by atoms with E-state index in [-0.39, 0.29) is 0 Å². The summed E-state index contributed by atoms with van der Waals surface area (Å²) in [5, 5.41) is 0.538. The highest BCUT2D eigenvalue weighted by atomic mass is 35.5. The number of benzene rings is 1. The Morgan fingerprint density at radius 1 is 1.19 bits per heavy atom. The van der Waals surface area contributed by atoms with Crippen molar-refractivity contribution in [2.24, 2.45) is 5.73 Å². The number of H-pyrrole nitrogens is 1. The summed E-state index contributed by atoms with van der Waals surface area (Å²) < 4.78 is 0. The van der Waals surface area contributed by atoms with E-state index in [0.29, 0.717) is 11.7 Å². The van der Waals surface area contributed by atoms with Gasteiger partial charge in [0.15, 0.2) is 0 Å². The number of aryl methyl sites for hydroxylation is 2. The lowest BCUT2D eigenvalue weighted by Crippen LogP contribution is -1.98. The Balaban J connectivity index is 2.02. The minimum absolute atomic E-state index is 0.394. The molecule has 1 aromatic carbocycles. The Kier molecular flexibility index (Phi) is 3.59. The lowest BCUT2D eigenvalue weighted by Gasteiger charge is -1.99. The Bertz CT molecular complexity index is 451. The van der Waals surface area contributed by atoms with Crippen LogP contribution in [0.25, 0.3) is 0 Å². The third kappa shape index (κ3) is 2.62. The zero-order chi connectivity index (χ0) is 11.4. The minimum Gasteiger partial charge on any atom is -0.343 e. The molecular formula is C12H14ClN3. The van der Waals surface area contributed by atoms with Gasteiger partial charge in [0.05, 0.1) is 12.2 Å². The summed E-state index contributed by atoms with van der Waals surface area (Å²) in [5.74, 6) is 0.744. The van der Waals surface area contributed by atoms with Gasteiger partial charge in [-0.2, -0.15) is 0 Å². The first kappa shape index (κ1) is 11.2. The number of aromatic nitrogens is 2. The number of hydrogen-bond acceptors (Lipinski definition) is 2. The molecule has 0 spiro atoms. The maximum absolute atomic E-state index is 5.99. The van der Waals surface area contributed by atoms with Crippen LogP contribution in [0.3, 0.4) is 0 Å². The van der Waals surface area contributed by atoms with Crippen molar-refractivity contribution in [1.82, 2.24) is 9.97 Å². The first-order valence-electron chi connectivity index (χ1n) is 5.27. The summed E-state index contributed by atoms with van der Waals surface area (Å²) in [4.78, 5) is 7.26. The maximum atomic E-state index is 5.99. The number of aromatic amines is 1. The molecule has 0 aliphatic carbocycles. The second-order valence-corrected chi connectivity index (χ2v) is 4.00. The first-order valence-corrected chi connectivity index (χ1v) is 5.64. The summed E-state index contributed by atoms with van der Waals surface area (Å²) in [6.45, 7) is 0.394. The number of halogens is 1. The average Bonchev–Trinajstić information content (AvgIpc) is 2.69. The molecule has 0 radical (unpaired) electrons. The van der Waals surface area contributed by atoms with Gasteiger partial charge in [-0.3, -0.25) is 0 Å². The van der Waals surface area contributed by atoms with Gasteiger partial charge in [-0.25, -0.2) is 4.98 Å². The van der Waals surface area contributed by atoms with Crippen LogP contribution in [0, 0.1) is 0 Å². The van der Waals surface area contributed by atoms with Gasteiger partial charge >= 0.3 is 0 Å². The zero-order valence-corrected chi connectivity index (χ0v) is 9.67. The molecule has 0 aliphatic rings. The fourth-order valence-corrected chi connectivity index (χ4v) is 1.86. The molecule has 0 aliphatic heterocycles. The summed E-state index contributed by atoms with van der Waals surface area (Å²) in [5.41, 5.74) is 7.74. The molecule has 2 aromatic rings. The van der Waals surface area contributed by atoms with Gasteiger partial charge in [0, 0.05) is 0 Å². The van der Waals surface area contributed by atoms with Crippen molar-refractivity contribution in [3.63, 3.8) is 0 Å². The monoisotopic (exact) mass is 235 g/mol. The van der Waals surface area contributed by atoms with Crippen molar-refractivity contribution in [2.75, 3.05) is 0 Å². The minimum atomic E-state index is 0.394. The number of imidazole rings is 1. The van der Waals surface area contributed by atoms with Crippen molar-refractivity contribution in [3.05, 3.63) is 52.6 Å². The van der Waals surface area contributed by atoms with Crippen LogP contribution in [-0.2, 0) is 19.4 Å². The molecular weight excluding hydrogens is 222 g/mol. The van der Waals surface area contributed by atoms with Gasteiger partial charge in [0.2, 0.25) is 0 Å². The van der Waals surface area contributed by atoms with E-state index in [2.05, 4.69) is 22.1 Å². The van der Waals surface area contributed by atoms with E-state index in [9.17, 15) is 0 Å². The number of nitrogens with one attached hydrogen (secondary N) is 1. The van der Waals surface area contributed by atoms with E-state index in [1.807, 2.05) is 18.2 Å². The van der Waals surface area contributed by atoms with Crippen LogP contribution in [0.15, 0.2) is 30.3 Å². The molecule has 16 heavy (non-hydrogen) atoms. The Hall–Kier alpha value is -1.32. The molecule has 2 rings (SSSR count). The van der Waals surface area contributed by atoms with Gasteiger partial charge in [0.25, 0.3) is 0 Å². The molecule has 3 nitrogen and oxygen atoms in total. The standard InChI is InChI=1S/C12H14ClN3/c13-12-10(15-11(8-14)16-12)7-6-9-4-2-1-3-5-9/h1-5H,6-8,14H2,(H,15,16). The highest BCUT2D eigenvalue weighted by Crippen LogP contribution is 2.15. The summed E-state index contributed by atoms with van der Waals surface area (Å²) in [6.07, 6.45) is 1.81. The highest BCUT2D eigenvalue weighted by Gasteiger charge is 2.06. The molecule has 4 heteroatoms. The third-order valence-electron chi connectivity index (χ3n) is 2.48. The Labute approximate surface area is 99.7 Å². The van der Waals surface area contributed by atoms with Crippen molar-refractivity contribution in [1.29, 1.82) is 0 Å². The fraction of sp³-hybridized carbons (Fsp3) is 0.250. The van der Waals surface area contributed by atoms with Gasteiger partial charge in [-0.1, -0.05) is 41.9 Å². The molecule has 0 amide bonds. The second kappa shape index (κ2) is 5.14. The number of rotatable bonds is 4. The molecule has 0 saturated heterocycles. The van der Waals surface area contributed by atoms with Gasteiger partial charge in [0.1, 0.15) is 11.0 Å². The number of hydrogen-bond donors (Lipinski definition) is 2. The van der Waals surface area contributed by atoms with Crippen LogP contribution in [0.5, 0.6) is 0 Å².